The molecule has 0 atom stereocenters. The second-order valence-corrected chi connectivity index (χ2v) is 4.22. The minimum atomic E-state index is -4.92. The van der Waals surface area contributed by atoms with Crippen LogP contribution in [0, 0.1) is 11.3 Å². The topological polar surface area (TPSA) is 59.3 Å². The van der Waals surface area contributed by atoms with E-state index in [9.17, 15) is 18.0 Å². The largest absolute Gasteiger partial charge is 0.573 e. The number of methoxy groups -OCH3 is 1. The maximum atomic E-state index is 12.2. The molecule has 1 aromatic rings. The summed E-state index contributed by atoms with van der Waals surface area (Å²) in [6, 6.07) is 3.93. The van der Waals surface area contributed by atoms with Gasteiger partial charge in [-0.3, -0.25) is 4.79 Å². The molecular formula is C11H7BrF3NO3. The zero-order chi connectivity index (χ0) is 14.6. The van der Waals surface area contributed by atoms with Gasteiger partial charge in [-0.2, -0.15) is 5.26 Å². The van der Waals surface area contributed by atoms with Gasteiger partial charge in [-0.1, -0.05) is 0 Å². The van der Waals surface area contributed by atoms with Crippen LogP contribution in [0.4, 0.5) is 13.2 Å². The lowest BCUT2D eigenvalue weighted by Crippen LogP contribution is -2.18. The number of hydrogen-bond donors (Lipinski definition) is 0. The molecule has 0 N–H and O–H groups in total. The van der Waals surface area contributed by atoms with Crippen molar-refractivity contribution in [3.05, 3.63) is 27.7 Å². The van der Waals surface area contributed by atoms with E-state index in [4.69, 9.17) is 5.26 Å². The van der Waals surface area contributed by atoms with Crippen LogP contribution < -0.4 is 4.74 Å². The summed E-state index contributed by atoms with van der Waals surface area (Å²) >= 11 is 2.96. The van der Waals surface area contributed by atoms with E-state index in [0.29, 0.717) is 0 Å². The van der Waals surface area contributed by atoms with E-state index in [1.54, 1.807) is 6.07 Å². The lowest BCUT2D eigenvalue weighted by Gasteiger charge is -2.12. The van der Waals surface area contributed by atoms with Gasteiger partial charge in [-0.05, 0) is 33.6 Å². The second kappa shape index (κ2) is 5.93. The molecule has 0 aliphatic carbocycles. The highest BCUT2D eigenvalue weighted by Crippen LogP contribution is 2.32. The van der Waals surface area contributed by atoms with Gasteiger partial charge in [0.05, 0.1) is 13.5 Å². The van der Waals surface area contributed by atoms with Gasteiger partial charge in [-0.25, -0.2) is 0 Å². The molecule has 19 heavy (non-hydrogen) atoms. The van der Waals surface area contributed by atoms with Crippen LogP contribution in [0.5, 0.6) is 5.75 Å². The Hall–Kier alpha value is -1.75. The molecule has 0 aliphatic rings. The van der Waals surface area contributed by atoms with E-state index in [1.165, 1.54) is 6.07 Å². The summed E-state index contributed by atoms with van der Waals surface area (Å²) in [5.74, 6) is -1.28. The molecular weight excluding hydrogens is 331 g/mol. The fourth-order valence-corrected chi connectivity index (χ4v) is 1.87. The Morgan fingerprint density at radius 3 is 2.58 bits per heavy atom. The molecule has 1 rings (SSSR count). The van der Waals surface area contributed by atoms with E-state index in [1.807, 2.05) is 0 Å². The highest BCUT2D eigenvalue weighted by molar-refractivity contribution is 9.10. The van der Waals surface area contributed by atoms with Crippen molar-refractivity contribution < 1.29 is 27.4 Å². The summed E-state index contributed by atoms with van der Waals surface area (Å²) < 4.78 is 44.9. The summed E-state index contributed by atoms with van der Waals surface area (Å²) in [7, 11) is 1.16. The molecule has 102 valence electrons. The predicted molar refractivity (Wildman–Crippen MR) is 61.3 cm³/mol. The Morgan fingerprint density at radius 2 is 2.11 bits per heavy atom. The van der Waals surface area contributed by atoms with Crippen LogP contribution in [0.25, 0.3) is 0 Å². The van der Waals surface area contributed by atoms with Crippen LogP contribution in [0.15, 0.2) is 16.6 Å². The quantitative estimate of drug-likeness (QED) is 0.795. The van der Waals surface area contributed by atoms with Crippen molar-refractivity contribution in [2.75, 3.05) is 7.11 Å². The molecule has 4 nitrogen and oxygen atoms in total. The number of benzene rings is 1. The SMILES string of the molecule is COC(=O)Cc1cc(Br)c(C#N)c(OC(F)(F)F)c1. The Labute approximate surface area is 114 Å². The molecule has 0 saturated heterocycles. The molecule has 0 aliphatic heterocycles. The van der Waals surface area contributed by atoms with Crippen molar-refractivity contribution in [3.63, 3.8) is 0 Å². The number of halogens is 4. The molecule has 0 saturated carbocycles. The maximum absolute atomic E-state index is 12.2. The average Bonchev–Trinajstić information content (AvgIpc) is 2.26. The van der Waals surface area contributed by atoms with Crippen LogP contribution in [0.1, 0.15) is 11.1 Å². The van der Waals surface area contributed by atoms with Gasteiger partial charge >= 0.3 is 12.3 Å². The van der Waals surface area contributed by atoms with E-state index >= 15 is 0 Å². The third-order valence-electron chi connectivity index (χ3n) is 2.03. The van der Waals surface area contributed by atoms with E-state index in [0.717, 1.165) is 13.2 Å². The molecule has 0 heterocycles. The fourth-order valence-electron chi connectivity index (χ4n) is 1.29. The van der Waals surface area contributed by atoms with E-state index in [2.05, 4.69) is 25.4 Å². The van der Waals surface area contributed by atoms with Gasteiger partial charge in [0.1, 0.15) is 17.4 Å². The average molecular weight is 338 g/mol. The number of carbonyl (C=O) groups is 1. The summed E-state index contributed by atoms with van der Waals surface area (Å²) in [6.07, 6.45) is -5.15. The van der Waals surface area contributed by atoms with Crippen molar-refractivity contribution in [1.29, 1.82) is 5.26 Å². The molecule has 0 bridgehead atoms. The van der Waals surface area contributed by atoms with Crippen molar-refractivity contribution in [1.82, 2.24) is 0 Å². The Morgan fingerprint density at radius 1 is 1.47 bits per heavy atom. The van der Waals surface area contributed by atoms with Gasteiger partial charge in [0, 0.05) is 4.47 Å². The smallest absolute Gasteiger partial charge is 0.469 e. The number of hydrogen-bond acceptors (Lipinski definition) is 4. The van der Waals surface area contributed by atoms with Gasteiger partial charge < -0.3 is 9.47 Å². The van der Waals surface area contributed by atoms with Gasteiger partial charge in [0.15, 0.2) is 0 Å². The number of carbonyl (C=O) groups excluding carboxylic acids is 1. The fraction of sp³-hybridized carbons (Fsp3) is 0.273. The van der Waals surface area contributed by atoms with Gasteiger partial charge in [0.2, 0.25) is 0 Å². The normalized spacial score (nSPS) is 10.7. The monoisotopic (exact) mass is 337 g/mol. The number of esters is 1. The first-order chi connectivity index (χ1) is 8.76. The molecule has 8 heteroatoms. The lowest BCUT2D eigenvalue weighted by atomic mass is 10.1. The first-order valence-electron chi connectivity index (χ1n) is 4.82. The van der Waals surface area contributed by atoms with Crippen LogP contribution in [0.3, 0.4) is 0 Å². The molecule has 1 aromatic carbocycles. The first-order valence-corrected chi connectivity index (χ1v) is 5.61. The molecule has 0 unspecified atom stereocenters. The van der Waals surface area contributed by atoms with Crippen LogP contribution in [-0.4, -0.2) is 19.4 Å². The van der Waals surface area contributed by atoms with Crippen molar-refractivity contribution in [2.24, 2.45) is 0 Å². The first kappa shape index (κ1) is 15.3. The zero-order valence-corrected chi connectivity index (χ0v) is 11.1. The lowest BCUT2D eigenvalue weighted by molar-refractivity contribution is -0.274. The summed E-state index contributed by atoms with van der Waals surface area (Å²) in [4.78, 5) is 11.1. The van der Waals surface area contributed by atoms with Crippen LogP contribution in [0.2, 0.25) is 0 Å². The number of ether oxygens (including phenoxy) is 2. The van der Waals surface area contributed by atoms with Crippen LogP contribution in [-0.2, 0) is 16.0 Å². The number of rotatable bonds is 3. The standard InChI is InChI=1S/C11H7BrF3NO3/c1-18-10(17)4-6-2-8(12)7(5-16)9(3-6)19-11(13,14)15/h2-3H,4H2,1H3. The number of alkyl halides is 3. The predicted octanol–water partition coefficient (Wildman–Crippen LogP) is 2.93. The number of nitriles is 1. The minimum absolute atomic E-state index is 0.107. The number of nitrogens with zero attached hydrogens (tertiary/aromatic N) is 1. The Kier molecular flexibility index (Phi) is 4.78. The summed E-state index contributed by atoms with van der Waals surface area (Å²) in [6.45, 7) is 0. The molecule has 0 spiro atoms. The summed E-state index contributed by atoms with van der Waals surface area (Å²) in [5.41, 5.74) is -0.0667. The van der Waals surface area contributed by atoms with Gasteiger partial charge in [0.25, 0.3) is 0 Å². The Bertz CT molecular complexity index is 537. The highest BCUT2D eigenvalue weighted by atomic mass is 79.9. The zero-order valence-electron chi connectivity index (χ0n) is 9.55. The highest BCUT2D eigenvalue weighted by Gasteiger charge is 2.33. The third-order valence-corrected chi connectivity index (χ3v) is 2.65. The van der Waals surface area contributed by atoms with E-state index < -0.39 is 18.1 Å². The van der Waals surface area contributed by atoms with Crippen molar-refractivity contribution in [2.45, 2.75) is 12.8 Å². The molecule has 0 radical (unpaired) electrons. The minimum Gasteiger partial charge on any atom is -0.469 e. The molecule has 0 aromatic heterocycles. The van der Waals surface area contributed by atoms with E-state index in [-0.39, 0.29) is 22.0 Å². The second-order valence-electron chi connectivity index (χ2n) is 3.36. The van der Waals surface area contributed by atoms with Crippen molar-refractivity contribution in [3.8, 4) is 11.8 Å². The van der Waals surface area contributed by atoms with Crippen molar-refractivity contribution >= 4 is 21.9 Å². The maximum Gasteiger partial charge on any atom is 0.573 e. The molecule has 0 amide bonds. The van der Waals surface area contributed by atoms with Crippen LogP contribution >= 0.6 is 15.9 Å². The Balaban J connectivity index is 3.19. The molecule has 0 fully saturated rings. The summed E-state index contributed by atoms with van der Waals surface area (Å²) in [5, 5.41) is 8.80. The third kappa shape index (κ3) is 4.44. The van der Waals surface area contributed by atoms with Gasteiger partial charge in [-0.15, -0.1) is 13.2 Å².